The van der Waals surface area contributed by atoms with E-state index in [1.165, 1.54) is 5.56 Å². The van der Waals surface area contributed by atoms with E-state index >= 15 is 0 Å². The Bertz CT molecular complexity index is 308. The van der Waals surface area contributed by atoms with Crippen LogP contribution in [0.3, 0.4) is 0 Å². The standard InChI is InChI=1S/C12H17NO2/c1-10-3-2-4-11(7-10)13-8-12-5-6-14-9-15-12/h2-4,7,12-13H,5-6,8-9H2,1H3. The molecule has 1 atom stereocenters. The van der Waals surface area contributed by atoms with Gasteiger partial charge >= 0.3 is 0 Å². The van der Waals surface area contributed by atoms with Crippen LogP contribution in [0, 0.1) is 6.92 Å². The van der Waals surface area contributed by atoms with Gasteiger partial charge in [0.2, 0.25) is 0 Å². The van der Waals surface area contributed by atoms with E-state index in [9.17, 15) is 0 Å². The molecule has 1 aliphatic rings. The van der Waals surface area contributed by atoms with E-state index in [0.717, 1.165) is 25.3 Å². The van der Waals surface area contributed by atoms with Gasteiger partial charge in [-0.3, -0.25) is 0 Å². The van der Waals surface area contributed by atoms with Crippen molar-refractivity contribution < 1.29 is 9.47 Å². The van der Waals surface area contributed by atoms with Crippen LogP contribution in [0.4, 0.5) is 5.69 Å². The molecule has 1 aliphatic heterocycles. The Kier molecular flexibility index (Phi) is 3.59. The second-order valence-corrected chi connectivity index (χ2v) is 3.85. The molecule has 1 aromatic carbocycles. The largest absolute Gasteiger partial charge is 0.382 e. The van der Waals surface area contributed by atoms with E-state index in [1.54, 1.807) is 0 Å². The van der Waals surface area contributed by atoms with Gasteiger partial charge in [-0.15, -0.1) is 0 Å². The maximum atomic E-state index is 5.45. The van der Waals surface area contributed by atoms with Crippen LogP contribution in [0.2, 0.25) is 0 Å². The summed E-state index contributed by atoms with van der Waals surface area (Å²) in [5.41, 5.74) is 2.43. The summed E-state index contributed by atoms with van der Waals surface area (Å²) in [6, 6.07) is 8.37. The van der Waals surface area contributed by atoms with Gasteiger partial charge in [0.25, 0.3) is 0 Å². The monoisotopic (exact) mass is 207 g/mol. The van der Waals surface area contributed by atoms with Crippen molar-refractivity contribution in [1.82, 2.24) is 0 Å². The highest BCUT2D eigenvalue weighted by Crippen LogP contribution is 2.11. The summed E-state index contributed by atoms with van der Waals surface area (Å²) >= 11 is 0. The molecule has 1 aromatic rings. The maximum absolute atomic E-state index is 5.45. The first-order valence-electron chi connectivity index (χ1n) is 5.34. The molecule has 1 heterocycles. The van der Waals surface area contributed by atoms with Crippen molar-refractivity contribution in [1.29, 1.82) is 0 Å². The molecule has 1 fully saturated rings. The Morgan fingerprint density at radius 1 is 1.47 bits per heavy atom. The average Bonchev–Trinajstić information content (AvgIpc) is 2.28. The molecule has 1 N–H and O–H groups in total. The number of ether oxygens (including phenoxy) is 2. The first-order chi connectivity index (χ1) is 7.34. The summed E-state index contributed by atoms with van der Waals surface area (Å²) in [5.74, 6) is 0. The molecule has 0 amide bonds. The van der Waals surface area contributed by atoms with E-state index in [0.29, 0.717) is 6.79 Å². The van der Waals surface area contributed by atoms with Crippen LogP contribution in [0.1, 0.15) is 12.0 Å². The minimum absolute atomic E-state index is 0.277. The van der Waals surface area contributed by atoms with E-state index in [4.69, 9.17) is 9.47 Å². The molecule has 0 spiro atoms. The van der Waals surface area contributed by atoms with Crippen molar-refractivity contribution in [2.75, 3.05) is 25.3 Å². The summed E-state index contributed by atoms with van der Waals surface area (Å²) in [7, 11) is 0. The third-order valence-corrected chi connectivity index (χ3v) is 2.52. The second kappa shape index (κ2) is 5.14. The fourth-order valence-corrected chi connectivity index (χ4v) is 1.65. The number of hydrogen-bond donors (Lipinski definition) is 1. The quantitative estimate of drug-likeness (QED) is 0.824. The molecule has 82 valence electrons. The molecule has 1 saturated heterocycles. The molecule has 0 aromatic heterocycles. The van der Waals surface area contributed by atoms with E-state index < -0.39 is 0 Å². The fourth-order valence-electron chi connectivity index (χ4n) is 1.65. The minimum Gasteiger partial charge on any atom is -0.382 e. The van der Waals surface area contributed by atoms with E-state index in [1.807, 2.05) is 0 Å². The Labute approximate surface area is 90.4 Å². The van der Waals surface area contributed by atoms with Gasteiger partial charge in [-0.25, -0.2) is 0 Å². The lowest BCUT2D eigenvalue weighted by molar-refractivity contribution is -0.133. The summed E-state index contributed by atoms with van der Waals surface area (Å²) < 4.78 is 10.6. The van der Waals surface area contributed by atoms with Crippen LogP contribution in [-0.4, -0.2) is 26.0 Å². The lowest BCUT2D eigenvalue weighted by atomic mass is 10.2. The van der Waals surface area contributed by atoms with Crippen molar-refractivity contribution in [3.63, 3.8) is 0 Å². The molecular weight excluding hydrogens is 190 g/mol. The molecule has 3 nitrogen and oxygen atoms in total. The van der Waals surface area contributed by atoms with Crippen LogP contribution >= 0.6 is 0 Å². The van der Waals surface area contributed by atoms with Crippen molar-refractivity contribution in [2.24, 2.45) is 0 Å². The number of benzene rings is 1. The summed E-state index contributed by atoms with van der Waals surface area (Å²) in [4.78, 5) is 0. The SMILES string of the molecule is Cc1cccc(NCC2CCOCO2)c1. The topological polar surface area (TPSA) is 30.5 Å². The van der Waals surface area contributed by atoms with Crippen LogP contribution in [0.25, 0.3) is 0 Å². The van der Waals surface area contributed by atoms with Gasteiger partial charge in [0.1, 0.15) is 6.79 Å². The van der Waals surface area contributed by atoms with Gasteiger partial charge in [-0.2, -0.15) is 0 Å². The van der Waals surface area contributed by atoms with Crippen LogP contribution in [-0.2, 0) is 9.47 Å². The second-order valence-electron chi connectivity index (χ2n) is 3.85. The van der Waals surface area contributed by atoms with Gasteiger partial charge in [0.15, 0.2) is 0 Å². The van der Waals surface area contributed by atoms with Crippen molar-refractivity contribution in [3.05, 3.63) is 29.8 Å². The Morgan fingerprint density at radius 2 is 2.40 bits per heavy atom. The van der Waals surface area contributed by atoms with Crippen LogP contribution in [0.5, 0.6) is 0 Å². The predicted molar refractivity (Wildman–Crippen MR) is 60.0 cm³/mol. The number of anilines is 1. The molecule has 15 heavy (non-hydrogen) atoms. The van der Waals surface area contributed by atoms with Gasteiger partial charge in [-0.1, -0.05) is 12.1 Å². The molecule has 2 rings (SSSR count). The average molecular weight is 207 g/mol. The van der Waals surface area contributed by atoms with Crippen LogP contribution in [0.15, 0.2) is 24.3 Å². The van der Waals surface area contributed by atoms with Crippen molar-refractivity contribution >= 4 is 5.69 Å². The molecule has 0 bridgehead atoms. The normalized spacial score (nSPS) is 21.3. The minimum atomic E-state index is 0.277. The summed E-state index contributed by atoms with van der Waals surface area (Å²) in [6.45, 7) is 4.18. The smallest absolute Gasteiger partial charge is 0.147 e. The Morgan fingerprint density at radius 3 is 3.13 bits per heavy atom. The molecule has 0 saturated carbocycles. The number of rotatable bonds is 3. The highest BCUT2D eigenvalue weighted by molar-refractivity contribution is 5.45. The lowest BCUT2D eigenvalue weighted by Gasteiger charge is -2.23. The molecule has 0 radical (unpaired) electrons. The summed E-state index contributed by atoms with van der Waals surface area (Å²) in [5, 5.41) is 3.37. The third kappa shape index (κ3) is 3.22. The highest BCUT2D eigenvalue weighted by Gasteiger charge is 2.13. The van der Waals surface area contributed by atoms with Gasteiger partial charge < -0.3 is 14.8 Å². The number of nitrogens with one attached hydrogen (secondary N) is 1. The van der Waals surface area contributed by atoms with Gasteiger partial charge in [-0.05, 0) is 31.0 Å². The lowest BCUT2D eigenvalue weighted by Crippen LogP contribution is -2.30. The van der Waals surface area contributed by atoms with Gasteiger partial charge in [0.05, 0.1) is 12.7 Å². The van der Waals surface area contributed by atoms with Crippen molar-refractivity contribution in [2.45, 2.75) is 19.4 Å². The molecule has 1 unspecified atom stereocenters. The number of hydrogen-bond acceptors (Lipinski definition) is 3. The molecular formula is C12H17NO2. The zero-order chi connectivity index (χ0) is 10.5. The highest BCUT2D eigenvalue weighted by atomic mass is 16.7. The molecule has 0 aliphatic carbocycles. The first kappa shape index (κ1) is 10.5. The zero-order valence-electron chi connectivity index (χ0n) is 9.03. The predicted octanol–water partition coefficient (Wildman–Crippen LogP) is 2.17. The summed E-state index contributed by atoms with van der Waals surface area (Å²) in [6.07, 6.45) is 1.25. The van der Waals surface area contributed by atoms with Gasteiger partial charge in [0, 0.05) is 12.2 Å². The van der Waals surface area contributed by atoms with E-state index in [-0.39, 0.29) is 6.10 Å². The Balaban J connectivity index is 1.81. The van der Waals surface area contributed by atoms with E-state index in [2.05, 4.69) is 36.5 Å². The third-order valence-electron chi connectivity index (χ3n) is 2.52. The van der Waals surface area contributed by atoms with Crippen molar-refractivity contribution in [3.8, 4) is 0 Å². The Hall–Kier alpha value is -1.06. The first-order valence-corrected chi connectivity index (χ1v) is 5.34. The van der Waals surface area contributed by atoms with Crippen LogP contribution < -0.4 is 5.32 Å². The fraction of sp³-hybridized carbons (Fsp3) is 0.500. The zero-order valence-corrected chi connectivity index (χ0v) is 9.03. The maximum Gasteiger partial charge on any atom is 0.147 e. The number of aryl methyl sites for hydroxylation is 1. The molecule has 3 heteroatoms.